The smallest absolute Gasteiger partial charge is 0.383 e. The molecular weight excluding hydrogens is 402 g/mol. The highest BCUT2D eigenvalue weighted by Gasteiger charge is 2.27. The summed E-state index contributed by atoms with van der Waals surface area (Å²) in [6, 6.07) is 0. The Morgan fingerprint density at radius 1 is 1.20 bits per heavy atom. The number of ketones is 2. The lowest BCUT2D eigenvalue weighted by Gasteiger charge is -2.25. The predicted octanol–water partition coefficient (Wildman–Crippen LogP) is 4.74. The van der Waals surface area contributed by atoms with Crippen LogP contribution < -0.4 is 0 Å². The van der Waals surface area contributed by atoms with E-state index < -0.39 is 22.8 Å². The van der Waals surface area contributed by atoms with Gasteiger partial charge in [-0.05, 0) is 19.3 Å². The average Bonchev–Trinajstić information content (AvgIpc) is 2.53. The minimum absolute atomic E-state index is 0.00980. The highest BCUT2D eigenvalue weighted by molar-refractivity contribution is 8.37. The Hall–Kier alpha value is 0.320. The molecule has 0 spiro atoms. The lowest BCUT2D eigenvalue weighted by atomic mass is 10.0. The average molecular weight is 431 g/mol. The van der Waals surface area contributed by atoms with E-state index in [2.05, 4.69) is 8.02 Å². The molecule has 0 aliphatic heterocycles. The Kier molecular flexibility index (Phi) is 13.7. The number of rotatable bonds is 15. The summed E-state index contributed by atoms with van der Waals surface area (Å²) in [5, 5.41) is 0. The van der Waals surface area contributed by atoms with Gasteiger partial charge in [-0.2, -0.15) is 0 Å². The van der Waals surface area contributed by atoms with Crippen molar-refractivity contribution in [3.63, 3.8) is 0 Å². The van der Waals surface area contributed by atoms with E-state index in [-0.39, 0.29) is 43.4 Å². The Morgan fingerprint density at radius 3 is 2.32 bits per heavy atom. The van der Waals surface area contributed by atoms with Crippen molar-refractivity contribution in [2.75, 3.05) is 6.61 Å². The second-order valence-electron chi connectivity index (χ2n) is 5.92. The summed E-state index contributed by atoms with van der Waals surface area (Å²) in [6.45, 7) is 7.60. The minimum atomic E-state index is -3.77. The zero-order chi connectivity index (χ0) is 19.5. The molecule has 0 N–H and O–H groups in total. The lowest BCUT2D eigenvalue weighted by Crippen LogP contribution is -2.15. The summed E-state index contributed by atoms with van der Waals surface area (Å²) in [7, 11) is -1.86. The number of carbonyl (C=O) groups is 2. The molecular formula is C15H29O6P2S2-. The van der Waals surface area contributed by atoms with Gasteiger partial charge >= 0.3 is 7.82 Å². The maximum atomic E-state index is 12.6. The van der Waals surface area contributed by atoms with Crippen molar-refractivity contribution in [2.45, 2.75) is 72.3 Å². The monoisotopic (exact) mass is 431 g/mol. The maximum absolute atomic E-state index is 12.6. The van der Waals surface area contributed by atoms with E-state index in [0.29, 0.717) is 19.3 Å². The van der Waals surface area contributed by atoms with Gasteiger partial charge in [-0.15, -0.1) is 0 Å². The van der Waals surface area contributed by atoms with Crippen LogP contribution in [0.2, 0.25) is 0 Å². The number of hydrogen-bond acceptors (Lipinski definition) is 8. The van der Waals surface area contributed by atoms with Crippen LogP contribution in [0.4, 0.5) is 0 Å². The van der Waals surface area contributed by atoms with Crippen LogP contribution in [-0.2, 0) is 47.3 Å². The topological polar surface area (TPSA) is 78.9 Å². The number of hydrogen-bond donors (Lipinski definition) is 0. The van der Waals surface area contributed by atoms with E-state index in [1.807, 2.05) is 27.7 Å². The molecule has 148 valence electrons. The molecule has 0 fully saturated rings. The molecule has 0 aromatic carbocycles. The van der Waals surface area contributed by atoms with Gasteiger partial charge in [-0.1, -0.05) is 27.7 Å². The van der Waals surface area contributed by atoms with Crippen molar-refractivity contribution in [1.29, 1.82) is 0 Å². The summed E-state index contributed by atoms with van der Waals surface area (Å²) in [5.74, 6) is 0.0102. The van der Waals surface area contributed by atoms with Crippen LogP contribution in [0.25, 0.3) is 0 Å². The van der Waals surface area contributed by atoms with Crippen LogP contribution in [-0.4, -0.2) is 24.3 Å². The molecule has 0 amide bonds. The van der Waals surface area contributed by atoms with Crippen LogP contribution in [0, 0.1) is 5.92 Å². The minimum Gasteiger partial charge on any atom is -0.383 e. The SMILES string of the molecule is CCCOP(=O)(OC(CC)CCC(=O)CCC(=O)C(C)C)O[S-](=P)=S. The quantitative estimate of drug-likeness (QED) is 0.274. The molecule has 2 unspecified atom stereocenters. The molecule has 0 saturated carbocycles. The zero-order valence-corrected chi connectivity index (χ0v) is 18.8. The third kappa shape index (κ3) is 12.4. The standard InChI is InChI=1S/C15H29O6P2S2/c1-5-11-19-23(18,21-25(22)24)20-14(6-2)9-7-13(16)8-10-15(17)12(3)4/h12,14,22H,5-11H2,1-4H3/q-1. The predicted molar refractivity (Wildman–Crippen MR) is 106 cm³/mol. The van der Waals surface area contributed by atoms with Crippen molar-refractivity contribution >= 4 is 47.5 Å². The second kappa shape index (κ2) is 13.5. The van der Waals surface area contributed by atoms with Gasteiger partial charge in [0, 0.05) is 25.2 Å². The molecule has 25 heavy (non-hydrogen) atoms. The van der Waals surface area contributed by atoms with Gasteiger partial charge in [-0.3, -0.25) is 27.5 Å². The lowest BCUT2D eigenvalue weighted by molar-refractivity contribution is -0.126. The van der Waals surface area contributed by atoms with E-state index in [9.17, 15) is 14.2 Å². The maximum Gasteiger partial charge on any atom is 0.456 e. The highest BCUT2D eigenvalue weighted by Crippen LogP contribution is 2.52. The first-order valence-electron chi connectivity index (χ1n) is 8.44. The number of Topliss-reactive ketones (excluding diaryl/α,β-unsaturated/α-hetero) is 2. The van der Waals surface area contributed by atoms with Crippen molar-refractivity contribution in [3.05, 3.63) is 0 Å². The molecule has 0 aliphatic rings. The fourth-order valence-corrected chi connectivity index (χ4v) is 5.42. The summed E-state index contributed by atoms with van der Waals surface area (Å²) < 4.78 is 28.5. The molecule has 0 saturated heterocycles. The van der Waals surface area contributed by atoms with E-state index in [0.717, 1.165) is 0 Å². The van der Waals surface area contributed by atoms with E-state index in [4.69, 9.17) is 24.2 Å². The van der Waals surface area contributed by atoms with Gasteiger partial charge in [0.05, 0.1) is 12.7 Å². The van der Waals surface area contributed by atoms with Gasteiger partial charge in [-0.25, -0.2) is 23.8 Å². The molecule has 0 radical (unpaired) electrons. The Morgan fingerprint density at radius 2 is 1.84 bits per heavy atom. The molecule has 0 aliphatic carbocycles. The van der Waals surface area contributed by atoms with Crippen LogP contribution in [0.15, 0.2) is 0 Å². The number of phosphoric acid groups is 1. The van der Waals surface area contributed by atoms with Crippen LogP contribution in [0.3, 0.4) is 0 Å². The molecule has 0 aromatic rings. The zero-order valence-electron chi connectivity index (χ0n) is 15.3. The van der Waals surface area contributed by atoms with Crippen molar-refractivity contribution in [1.82, 2.24) is 0 Å². The van der Waals surface area contributed by atoms with Crippen LogP contribution in [0.5, 0.6) is 0 Å². The second-order valence-corrected chi connectivity index (χ2v) is 11.3. The normalized spacial score (nSPS) is 15.3. The fourth-order valence-electron chi connectivity index (χ4n) is 1.87. The molecule has 2 atom stereocenters. The first-order chi connectivity index (χ1) is 11.6. The summed E-state index contributed by atoms with van der Waals surface area (Å²) >= 11 is 4.85. The summed E-state index contributed by atoms with van der Waals surface area (Å²) in [5.41, 5.74) is 0. The molecule has 0 heterocycles. The molecule has 0 rings (SSSR count). The molecule has 0 aromatic heterocycles. The third-order valence-corrected chi connectivity index (χ3v) is 6.93. The summed E-state index contributed by atoms with van der Waals surface area (Å²) in [6.07, 6.45) is 1.89. The highest BCUT2D eigenvalue weighted by atomic mass is 32.9. The van der Waals surface area contributed by atoms with Crippen molar-refractivity contribution in [2.24, 2.45) is 5.92 Å². The molecule has 10 heteroatoms. The van der Waals surface area contributed by atoms with Crippen LogP contribution >= 0.6 is 15.8 Å². The van der Waals surface area contributed by atoms with Crippen molar-refractivity contribution < 1.29 is 27.2 Å². The molecule has 0 bridgehead atoms. The van der Waals surface area contributed by atoms with Crippen LogP contribution in [0.1, 0.15) is 66.2 Å². The van der Waals surface area contributed by atoms with Gasteiger partial charge in [0.25, 0.3) is 0 Å². The van der Waals surface area contributed by atoms with E-state index >= 15 is 0 Å². The van der Waals surface area contributed by atoms with Gasteiger partial charge in [0.15, 0.2) is 0 Å². The number of carbonyl (C=O) groups excluding carboxylic acids is 2. The largest absolute Gasteiger partial charge is 0.456 e. The molecule has 6 nitrogen and oxygen atoms in total. The fraction of sp³-hybridized carbons (Fsp3) is 0.867. The number of phosphoric ester groups is 1. The van der Waals surface area contributed by atoms with Gasteiger partial charge in [0.1, 0.15) is 11.6 Å². The first-order valence-corrected chi connectivity index (χ1v) is 13.2. The Balaban J connectivity index is 4.57. The van der Waals surface area contributed by atoms with Gasteiger partial charge < -0.3 is 3.97 Å². The third-order valence-electron chi connectivity index (χ3n) is 3.39. The van der Waals surface area contributed by atoms with E-state index in [1.165, 1.54) is 0 Å². The first kappa shape index (κ1) is 25.3. The Bertz CT molecular complexity index is 540. The van der Waals surface area contributed by atoms with Gasteiger partial charge in [0.2, 0.25) is 0 Å². The summed E-state index contributed by atoms with van der Waals surface area (Å²) in [4.78, 5) is 23.5. The Labute approximate surface area is 159 Å². The van der Waals surface area contributed by atoms with Crippen molar-refractivity contribution in [3.8, 4) is 0 Å². The van der Waals surface area contributed by atoms with E-state index in [1.54, 1.807) is 0 Å².